The fourth-order valence-corrected chi connectivity index (χ4v) is 10.6. The minimum Gasteiger partial charge on any atom is -0.339 e. The zero-order chi connectivity index (χ0) is 47.2. The number of carbonyl (C=O) groups excluding carboxylic acids is 2. The number of hydrogen-bond donors (Lipinski definition) is 0. The number of nitrogens with zero attached hydrogens (tertiary/aromatic N) is 2. The molecule has 0 aliphatic carbocycles. The molecule has 2 amide bonds. The summed E-state index contributed by atoms with van der Waals surface area (Å²) in [5, 5.41) is 6.59. The van der Waals surface area contributed by atoms with Crippen molar-refractivity contribution in [1.82, 2.24) is 9.80 Å². The molecule has 66 heavy (non-hydrogen) atoms. The van der Waals surface area contributed by atoms with Crippen LogP contribution in [0.1, 0.15) is 265 Å². The van der Waals surface area contributed by atoms with Crippen LogP contribution in [0.2, 0.25) is 0 Å². The van der Waals surface area contributed by atoms with E-state index in [-0.39, 0.29) is 11.8 Å². The molecule has 4 nitrogen and oxygen atoms in total. The topological polar surface area (TPSA) is 40.6 Å². The fraction of sp³-hybridized carbons (Fsp3) is 0.677. The first kappa shape index (κ1) is 55.2. The Bertz CT molecular complexity index is 1790. The van der Waals surface area contributed by atoms with E-state index in [0.717, 1.165) is 89.9 Å². The second-order valence-corrected chi connectivity index (χ2v) is 20.4. The summed E-state index contributed by atoms with van der Waals surface area (Å²) in [7, 11) is 0. The van der Waals surface area contributed by atoms with Crippen molar-refractivity contribution in [1.29, 1.82) is 0 Å². The molecule has 4 aromatic carbocycles. The molecule has 0 aliphatic rings. The summed E-state index contributed by atoms with van der Waals surface area (Å²) < 4.78 is 0. The van der Waals surface area contributed by atoms with Crippen molar-refractivity contribution < 1.29 is 9.59 Å². The molecule has 0 aliphatic heterocycles. The maximum atomic E-state index is 15.2. The normalized spacial score (nSPS) is 11.7. The van der Waals surface area contributed by atoms with Gasteiger partial charge in [-0.1, -0.05) is 244 Å². The highest BCUT2D eigenvalue weighted by atomic mass is 16.2. The lowest BCUT2D eigenvalue weighted by atomic mass is 9.87. The maximum absolute atomic E-state index is 15.2. The predicted molar refractivity (Wildman–Crippen MR) is 291 cm³/mol. The Balaban J connectivity index is 1.69. The highest BCUT2D eigenvalue weighted by molar-refractivity contribution is 6.28. The predicted octanol–water partition coefficient (Wildman–Crippen LogP) is 19.2. The number of aryl methyl sites for hydroxylation is 2. The van der Waals surface area contributed by atoms with E-state index >= 15 is 9.59 Å². The van der Waals surface area contributed by atoms with E-state index in [9.17, 15) is 0 Å². The first-order valence-corrected chi connectivity index (χ1v) is 28.3. The third-order valence-corrected chi connectivity index (χ3v) is 14.7. The van der Waals surface area contributed by atoms with Gasteiger partial charge in [-0.25, -0.2) is 0 Å². The number of benzene rings is 4. The molecule has 0 N–H and O–H groups in total. The Kier molecular flexibility index (Phi) is 27.7. The minimum absolute atomic E-state index is 0.155. The van der Waals surface area contributed by atoms with Crippen LogP contribution in [0.25, 0.3) is 32.3 Å². The van der Waals surface area contributed by atoms with Crippen LogP contribution in [-0.4, -0.2) is 47.8 Å². The van der Waals surface area contributed by atoms with E-state index in [0.29, 0.717) is 0 Å². The number of rotatable bonds is 38. The Morgan fingerprint density at radius 1 is 0.348 bits per heavy atom. The number of carbonyl (C=O) groups is 2. The third-order valence-electron chi connectivity index (χ3n) is 14.7. The second-order valence-electron chi connectivity index (χ2n) is 20.4. The fourth-order valence-electron chi connectivity index (χ4n) is 10.6. The van der Waals surface area contributed by atoms with Gasteiger partial charge >= 0.3 is 0 Å². The Morgan fingerprint density at radius 2 is 0.606 bits per heavy atom. The lowest BCUT2D eigenvalue weighted by molar-refractivity contribution is 0.0744. The molecule has 0 unspecified atom stereocenters. The van der Waals surface area contributed by atoms with Gasteiger partial charge in [-0.3, -0.25) is 9.59 Å². The quantitative estimate of drug-likeness (QED) is 0.0332. The summed E-state index contributed by atoms with van der Waals surface area (Å²) >= 11 is 0. The third kappa shape index (κ3) is 18.3. The van der Waals surface area contributed by atoms with E-state index < -0.39 is 0 Å². The Morgan fingerprint density at radius 3 is 0.879 bits per heavy atom. The van der Waals surface area contributed by atoms with Gasteiger partial charge in [-0.05, 0) is 95.1 Å². The van der Waals surface area contributed by atoms with Crippen LogP contribution in [0, 0.1) is 13.8 Å². The molecule has 368 valence electrons. The highest BCUT2D eigenvalue weighted by Crippen LogP contribution is 2.40. The lowest BCUT2D eigenvalue weighted by Crippen LogP contribution is -2.33. The summed E-state index contributed by atoms with van der Waals surface area (Å²) in [6.07, 6.45) is 40.2. The van der Waals surface area contributed by atoms with Crippen molar-refractivity contribution >= 4 is 44.1 Å². The first-order chi connectivity index (χ1) is 32.4. The van der Waals surface area contributed by atoms with Gasteiger partial charge in [0.1, 0.15) is 0 Å². The van der Waals surface area contributed by atoms with Crippen LogP contribution in [-0.2, 0) is 0 Å². The van der Waals surface area contributed by atoms with E-state index in [1.807, 2.05) is 0 Å². The van der Waals surface area contributed by atoms with Crippen LogP contribution in [0.4, 0.5) is 0 Å². The average molecular weight is 903 g/mol. The van der Waals surface area contributed by atoms with E-state index in [1.165, 1.54) is 196 Å². The Labute approximate surface area is 405 Å². The molecule has 0 radical (unpaired) electrons. The zero-order valence-corrected chi connectivity index (χ0v) is 43.8. The molecule has 0 aromatic heterocycles. The largest absolute Gasteiger partial charge is 0.339 e. The van der Waals surface area contributed by atoms with Gasteiger partial charge < -0.3 is 9.80 Å². The van der Waals surface area contributed by atoms with Gasteiger partial charge in [0.2, 0.25) is 0 Å². The van der Waals surface area contributed by atoms with E-state index in [2.05, 4.69) is 99.9 Å². The smallest absolute Gasteiger partial charge is 0.254 e. The SMILES string of the molecule is CCCCCCCCCCN(CCCCCCCCCC)C(=O)c1cc2cc(C(=O)N(CCCCCCCCCC)CCCCCCCCCC)c3cccc(C)c3c2c2c(C)cccc12. The maximum Gasteiger partial charge on any atom is 0.254 e. The Hall–Kier alpha value is -3.40. The van der Waals surface area contributed by atoms with Gasteiger partial charge in [0.25, 0.3) is 11.8 Å². The molecular formula is C62H98N2O2. The van der Waals surface area contributed by atoms with Gasteiger partial charge in [-0.15, -0.1) is 0 Å². The van der Waals surface area contributed by atoms with Crippen LogP contribution < -0.4 is 0 Å². The monoisotopic (exact) mass is 903 g/mol. The molecule has 0 saturated carbocycles. The van der Waals surface area contributed by atoms with Crippen LogP contribution >= 0.6 is 0 Å². The van der Waals surface area contributed by atoms with Crippen molar-refractivity contribution in [3.63, 3.8) is 0 Å². The molecule has 4 aromatic rings. The summed E-state index contributed by atoms with van der Waals surface area (Å²) in [6.45, 7) is 16.8. The number of unbranched alkanes of at least 4 members (excludes halogenated alkanes) is 28. The van der Waals surface area contributed by atoms with E-state index in [1.54, 1.807) is 0 Å². The highest BCUT2D eigenvalue weighted by Gasteiger charge is 2.25. The molecule has 4 heteroatoms. The molecule has 0 bridgehead atoms. The lowest BCUT2D eigenvalue weighted by Gasteiger charge is -2.26. The van der Waals surface area contributed by atoms with Crippen LogP contribution in [0.5, 0.6) is 0 Å². The first-order valence-electron chi connectivity index (χ1n) is 28.3. The molecular weight excluding hydrogens is 805 g/mol. The minimum atomic E-state index is 0.155. The van der Waals surface area contributed by atoms with E-state index in [4.69, 9.17) is 0 Å². The van der Waals surface area contributed by atoms with Crippen molar-refractivity contribution in [3.05, 3.63) is 70.8 Å². The summed E-state index contributed by atoms with van der Waals surface area (Å²) in [5.74, 6) is 0.310. The molecule has 4 rings (SSSR count). The van der Waals surface area contributed by atoms with Gasteiger partial charge in [0, 0.05) is 37.3 Å². The molecule has 0 atom stereocenters. The molecule has 0 fully saturated rings. The average Bonchev–Trinajstić information content (AvgIpc) is 3.32. The number of amides is 2. The summed E-state index contributed by atoms with van der Waals surface area (Å²) in [5.41, 5.74) is 3.95. The van der Waals surface area contributed by atoms with Crippen molar-refractivity contribution in [2.45, 2.75) is 247 Å². The van der Waals surface area contributed by atoms with Crippen molar-refractivity contribution in [2.24, 2.45) is 0 Å². The number of hydrogen-bond acceptors (Lipinski definition) is 2. The van der Waals surface area contributed by atoms with Crippen LogP contribution in [0.3, 0.4) is 0 Å². The van der Waals surface area contributed by atoms with Gasteiger partial charge in [0.05, 0.1) is 0 Å². The van der Waals surface area contributed by atoms with Crippen LogP contribution in [0.15, 0.2) is 48.5 Å². The molecule has 0 saturated heterocycles. The van der Waals surface area contributed by atoms with Gasteiger partial charge in [-0.2, -0.15) is 0 Å². The number of fused-ring (bicyclic) bond motifs is 5. The van der Waals surface area contributed by atoms with Crippen molar-refractivity contribution in [3.8, 4) is 0 Å². The summed E-state index contributed by atoms with van der Waals surface area (Å²) in [4.78, 5) is 34.8. The van der Waals surface area contributed by atoms with Gasteiger partial charge in [0.15, 0.2) is 0 Å². The molecule has 0 heterocycles. The summed E-state index contributed by atoms with van der Waals surface area (Å²) in [6, 6.07) is 17.4. The standard InChI is InChI=1S/C62H98N2O2/c1-7-11-15-19-23-27-31-35-45-63(46-36-32-28-24-20-16-12-8-2)61(65)56-49-53-50-57(55-44-40-42-52(6)59(55)60(53)58-51(5)41-39-43-54(56)58)62(66)64(47-37-33-29-25-21-17-13-9-3)48-38-34-30-26-22-18-14-10-4/h39-44,49-50H,7-38,45-48H2,1-6H3. The van der Waals surface area contributed by atoms with Crippen molar-refractivity contribution in [2.75, 3.05) is 26.2 Å². The second kappa shape index (κ2) is 33.2. The zero-order valence-electron chi connectivity index (χ0n) is 43.8. The molecule has 0 spiro atoms.